The molecule has 2 rings (SSSR count). The maximum Gasteiger partial charge on any atom is 0.264 e. The Bertz CT molecular complexity index is 572. The molecule has 20 heavy (non-hydrogen) atoms. The average Bonchev–Trinajstić information content (AvgIpc) is 2.79. The van der Waals surface area contributed by atoms with E-state index in [1.165, 1.54) is 4.90 Å². The van der Waals surface area contributed by atoms with Gasteiger partial charge in [-0.15, -0.1) is 0 Å². The second kappa shape index (κ2) is 5.90. The molecule has 0 bridgehead atoms. The zero-order valence-electron chi connectivity index (χ0n) is 11.1. The molecule has 0 aliphatic carbocycles. The van der Waals surface area contributed by atoms with Crippen molar-refractivity contribution in [3.05, 3.63) is 35.9 Å². The summed E-state index contributed by atoms with van der Waals surface area (Å²) in [5.74, 6) is -0.232. The van der Waals surface area contributed by atoms with Crippen LogP contribution in [0.5, 0.6) is 0 Å². The van der Waals surface area contributed by atoms with Crippen molar-refractivity contribution in [1.29, 1.82) is 0 Å². The van der Waals surface area contributed by atoms with E-state index in [4.69, 9.17) is 4.18 Å². The van der Waals surface area contributed by atoms with Crippen LogP contribution in [0.2, 0.25) is 0 Å². The third-order valence-corrected chi connectivity index (χ3v) is 3.80. The van der Waals surface area contributed by atoms with E-state index in [0.717, 1.165) is 6.26 Å². The van der Waals surface area contributed by atoms with Crippen LogP contribution in [0.15, 0.2) is 30.3 Å². The average molecular weight is 299 g/mol. The first kappa shape index (κ1) is 15.0. The maximum atomic E-state index is 12.3. The number of rotatable bonds is 4. The molecule has 0 radical (unpaired) electrons. The van der Waals surface area contributed by atoms with E-state index >= 15 is 0 Å². The minimum Gasteiger partial charge on any atom is -0.394 e. The second-order valence-electron chi connectivity index (χ2n) is 4.82. The van der Waals surface area contributed by atoms with E-state index in [-0.39, 0.29) is 19.1 Å². The summed E-state index contributed by atoms with van der Waals surface area (Å²) in [6.45, 7) is -0.0613. The van der Waals surface area contributed by atoms with Crippen molar-refractivity contribution in [1.82, 2.24) is 4.90 Å². The Morgan fingerprint density at radius 2 is 2.05 bits per heavy atom. The lowest BCUT2D eigenvalue weighted by Gasteiger charge is -2.22. The number of hydrogen-bond acceptors (Lipinski definition) is 5. The lowest BCUT2D eigenvalue weighted by molar-refractivity contribution is 0.0668. The first-order valence-corrected chi connectivity index (χ1v) is 8.07. The number of benzene rings is 1. The van der Waals surface area contributed by atoms with E-state index in [9.17, 15) is 18.3 Å². The third-order valence-electron chi connectivity index (χ3n) is 3.18. The third kappa shape index (κ3) is 3.56. The number of likely N-dealkylation sites (tertiary alicyclic amines) is 1. The second-order valence-corrected chi connectivity index (χ2v) is 6.42. The smallest absolute Gasteiger partial charge is 0.264 e. The molecule has 0 saturated carbocycles. The van der Waals surface area contributed by atoms with E-state index in [0.29, 0.717) is 12.0 Å². The predicted octanol–water partition coefficient (Wildman–Crippen LogP) is 0.238. The molecule has 1 amide bonds. The van der Waals surface area contributed by atoms with Crippen LogP contribution >= 0.6 is 0 Å². The first-order valence-electron chi connectivity index (χ1n) is 6.26. The zero-order chi connectivity index (χ0) is 14.8. The number of carbonyl (C=O) groups is 1. The van der Waals surface area contributed by atoms with Crippen LogP contribution in [0.4, 0.5) is 0 Å². The highest BCUT2D eigenvalue weighted by Gasteiger charge is 2.37. The number of hydrogen-bond donors (Lipinski definition) is 1. The Labute approximate surface area is 118 Å². The minimum absolute atomic E-state index is 0.159. The van der Waals surface area contributed by atoms with Gasteiger partial charge in [0.15, 0.2) is 0 Å². The standard InChI is InChI=1S/C13H17NO5S/c1-20(17,18)19-12-7-11(9-15)14(8-12)13(16)10-5-3-2-4-6-10/h2-6,11-12,15H,7-9H2,1H3/t11-,12+/m0/s1. The van der Waals surface area contributed by atoms with Crippen molar-refractivity contribution in [3.63, 3.8) is 0 Å². The van der Waals surface area contributed by atoms with E-state index in [1.54, 1.807) is 30.3 Å². The Hall–Kier alpha value is -1.44. The molecule has 1 fully saturated rings. The maximum absolute atomic E-state index is 12.3. The molecule has 1 saturated heterocycles. The van der Waals surface area contributed by atoms with Crippen LogP contribution in [0.3, 0.4) is 0 Å². The van der Waals surface area contributed by atoms with Gasteiger partial charge in [-0.1, -0.05) is 18.2 Å². The topological polar surface area (TPSA) is 83.9 Å². The molecule has 0 aromatic heterocycles. The molecule has 6 nitrogen and oxygen atoms in total. The van der Waals surface area contributed by atoms with Gasteiger partial charge < -0.3 is 10.0 Å². The van der Waals surface area contributed by atoms with Gasteiger partial charge in [0, 0.05) is 12.1 Å². The van der Waals surface area contributed by atoms with Crippen LogP contribution in [-0.2, 0) is 14.3 Å². The molecule has 7 heteroatoms. The molecular formula is C13H17NO5S. The van der Waals surface area contributed by atoms with Crippen molar-refractivity contribution in [2.75, 3.05) is 19.4 Å². The lowest BCUT2D eigenvalue weighted by atomic mass is 10.1. The number of amides is 1. The normalized spacial score (nSPS) is 23.0. The Morgan fingerprint density at radius 3 is 2.60 bits per heavy atom. The van der Waals surface area contributed by atoms with Gasteiger partial charge in [-0.25, -0.2) is 0 Å². The number of aliphatic hydroxyl groups is 1. The molecule has 110 valence electrons. The highest BCUT2D eigenvalue weighted by Crippen LogP contribution is 2.23. The summed E-state index contributed by atoms with van der Waals surface area (Å²) < 4.78 is 27.2. The fourth-order valence-electron chi connectivity index (χ4n) is 2.36. The van der Waals surface area contributed by atoms with E-state index in [2.05, 4.69) is 0 Å². The first-order chi connectivity index (χ1) is 9.40. The number of aliphatic hydroxyl groups excluding tert-OH is 1. The summed E-state index contributed by atoms with van der Waals surface area (Å²) in [7, 11) is -3.57. The van der Waals surface area contributed by atoms with Gasteiger partial charge >= 0.3 is 0 Å². The van der Waals surface area contributed by atoms with E-state index in [1.807, 2.05) is 0 Å². The highest BCUT2D eigenvalue weighted by atomic mass is 32.2. The molecule has 1 aliphatic rings. The fraction of sp³-hybridized carbons (Fsp3) is 0.462. The van der Waals surface area contributed by atoms with Crippen molar-refractivity contribution >= 4 is 16.0 Å². The predicted molar refractivity (Wildman–Crippen MR) is 72.7 cm³/mol. The number of nitrogens with zero attached hydrogens (tertiary/aromatic N) is 1. The zero-order valence-corrected chi connectivity index (χ0v) is 11.9. The molecular weight excluding hydrogens is 282 g/mol. The Kier molecular flexibility index (Phi) is 4.42. The molecule has 1 aromatic carbocycles. The van der Waals surface area contributed by atoms with E-state index < -0.39 is 22.3 Å². The van der Waals surface area contributed by atoms with Crippen LogP contribution in [0, 0.1) is 0 Å². The monoisotopic (exact) mass is 299 g/mol. The van der Waals surface area contributed by atoms with Gasteiger partial charge in [0.2, 0.25) is 0 Å². The van der Waals surface area contributed by atoms with Crippen LogP contribution < -0.4 is 0 Å². The molecule has 2 atom stereocenters. The summed E-state index contributed by atoms with van der Waals surface area (Å²) in [6, 6.07) is 8.25. The van der Waals surface area contributed by atoms with Crippen LogP contribution in [0.25, 0.3) is 0 Å². The summed E-state index contributed by atoms with van der Waals surface area (Å²) in [4.78, 5) is 13.8. The van der Waals surface area contributed by atoms with Crippen molar-refractivity contribution in [3.8, 4) is 0 Å². The van der Waals surface area contributed by atoms with Crippen LogP contribution in [-0.4, -0.2) is 55.9 Å². The summed E-state index contributed by atoms with van der Waals surface area (Å²) in [5.41, 5.74) is 0.506. The molecule has 0 spiro atoms. The van der Waals surface area contributed by atoms with Gasteiger partial charge in [0.25, 0.3) is 16.0 Å². The van der Waals surface area contributed by atoms with Gasteiger partial charge in [-0.3, -0.25) is 8.98 Å². The molecule has 0 unspecified atom stereocenters. The quantitative estimate of drug-likeness (QED) is 0.805. The fourth-order valence-corrected chi connectivity index (χ4v) is 2.99. The van der Waals surface area contributed by atoms with Crippen molar-refractivity contribution < 1.29 is 22.5 Å². The summed E-state index contributed by atoms with van der Waals surface area (Å²) >= 11 is 0. The van der Waals surface area contributed by atoms with Gasteiger partial charge in [-0.05, 0) is 18.6 Å². The summed E-state index contributed by atoms with van der Waals surface area (Å²) in [5, 5.41) is 9.35. The van der Waals surface area contributed by atoms with Crippen LogP contribution in [0.1, 0.15) is 16.8 Å². The van der Waals surface area contributed by atoms with Crippen molar-refractivity contribution in [2.45, 2.75) is 18.6 Å². The van der Waals surface area contributed by atoms with Crippen molar-refractivity contribution in [2.24, 2.45) is 0 Å². The largest absolute Gasteiger partial charge is 0.394 e. The SMILES string of the molecule is CS(=O)(=O)O[C@@H]1C[C@@H](CO)N(C(=O)c2ccccc2)C1. The Balaban J connectivity index is 2.13. The molecule has 1 N–H and O–H groups in total. The molecule has 1 aromatic rings. The van der Waals surface area contributed by atoms with Gasteiger partial charge in [0.1, 0.15) is 0 Å². The highest BCUT2D eigenvalue weighted by molar-refractivity contribution is 7.86. The number of carbonyl (C=O) groups excluding carboxylic acids is 1. The Morgan fingerprint density at radius 1 is 1.40 bits per heavy atom. The summed E-state index contributed by atoms with van der Waals surface area (Å²) in [6.07, 6.45) is 0.680. The minimum atomic E-state index is -3.57. The van der Waals surface area contributed by atoms with Gasteiger partial charge in [0.05, 0.1) is 25.0 Å². The molecule has 1 aliphatic heterocycles. The van der Waals surface area contributed by atoms with Gasteiger partial charge in [-0.2, -0.15) is 8.42 Å². The lowest BCUT2D eigenvalue weighted by Crippen LogP contribution is -2.38. The molecule has 1 heterocycles.